The van der Waals surface area contributed by atoms with E-state index in [1.165, 1.54) is 12.1 Å². The fraction of sp³-hybridized carbons (Fsp3) is 0.300. The van der Waals surface area contributed by atoms with E-state index in [1.54, 1.807) is 12.1 Å². The van der Waals surface area contributed by atoms with Gasteiger partial charge in [0.2, 0.25) is 0 Å². The van der Waals surface area contributed by atoms with Gasteiger partial charge < -0.3 is 9.84 Å². The predicted molar refractivity (Wildman–Crippen MR) is 108 cm³/mol. The number of aromatic carboxylic acids is 1. The Hall–Kier alpha value is -3.86. The number of likely N-dealkylation sites (tertiary alicyclic amines) is 1. The van der Waals surface area contributed by atoms with Crippen LogP contribution in [0.5, 0.6) is 5.75 Å². The molecule has 0 spiro atoms. The molecule has 1 aliphatic rings. The number of carbonyl (C=O) groups excluding carboxylic acids is 1. The fourth-order valence-corrected chi connectivity index (χ4v) is 3.55. The van der Waals surface area contributed by atoms with E-state index in [2.05, 4.69) is 0 Å². The number of para-hydroxylation sites is 1. The van der Waals surface area contributed by atoms with Gasteiger partial charge in [-0.05, 0) is 18.7 Å². The van der Waals surface area contributed by atoms with Gasteiger partial charge in [-0.25, -0.2) is 4.79 Å². The van der Waals surface area contributed by atoms with Crippen LogP contribution in [0.4, 0.5) is 11.4 Å². The molecular weight excluding hydrogens is 410 g/mol. The summed E-state index contributed by atoms with van der Waals surface area (Å²) in [7, 11) is 0. The number of nitro groups is 2. The van der Waals surface area contributed by atoms with E-state index in [9.17, 15) is 34.9 Å². The molecule has 0 saturated carbocycles. The number of benzene rings is 2. The van der Waals surface area contributed by atoms with Crippen LogP contribution in [0.15, 0.2) is 42.5 Å². The molecule has 31 heavy (non-hydrogen) atoms. The van der Waals surface area contributed by atoms with Crippen LogP contribution in [0.3, 0.4) is 0 Å². The van der Waals surface area contributed by atoms with Crippen molar-refractivity contribution in [3.8, 4) is 5.75 Å². The minimum Gasteiger partial charge on any atom is -0.487 e. The third-order valence-electron chi connectivity index (χ3n) is 5.13. The van der Waals surface area contributed by atoms with Crippen molar-refractivity contribution in [3.63, 3.8) is 0 Å². The van der Waals surface area contributed by atoms with Crippen molar-refractivity contribution in [2.24, 2.45) is 5.92 Å². The summed E-state index contributed by atoms with van der Waals surface area (Å²) in [5, 5.41) is 31.7. The van der Waals surface area contributed by atoms with E-state index in [1.807, 2.05) is 11.8 Å². The maximum atomic E-state index is 13.2. The lowest BCUT2D eigenvalue weighted by atomic mass is 9.94. The Labute approximate surface area is 176 Å². The lowest BCUT2D eigenvalue weighted by Crippen LogP contribution is -2.32. The number of ketones is 1. The van der Waals surface area contributed by atoms with Crippen molar-refractivity contribution in [2.45, 2.75) is 13.0 Å². The van der Waals surface area contributed by atoms with Gasteiger partial charge in [0.15, 0.2) is 5.78 Å². The fourth-order valence-electron chi connectivity index (χ4n) is 3.55. The molecule has 2 unspecified atom stereocenters. The van der Waals surface area contributed by atoms with E-state index in [0.717, 1.165) is 18.2 Å². The number of non-ortho nitro benzene ring substituents is 2. The molecule has 1 heterocycles. The normalized spacial score (nSPS) is 18.5. The molecule has 0 radical (unpaired) electrons. The van der Waals surface area contributed by atoms with Crippen LogP contribution >= 0.6 is 0 Å². The van der Waals surface area contributed by atoms with Gasteiger partial charge >= 0.3 is 5.97 Å². The number of rotatable bonds is 8. The monoisotopic (exact) mass is 429 g/mol. The highest BCUT2D eigenvalue weighted by atomic mass is 16.6. The second-order valence-corrected chi connectivity index (χ2v) is 7.03. The highest BCUT2D eigenvalue weighted by molar-refractivity contribution is 6.00. The van der Waals surface area contributed by atoms with Gasteiger partial charge in [0.1, 0.15) is 17.4 Å². The number of nitrogens with zero attached hydrogens (tertiary/aromatic N) is 3. The molecule has 11 heteroatoms. The third kappa shape index (κ3) is 4.67. The lowest BCUT2D eigenvalue weighted by Gasteiger charge is -2.20. The largest absolute Gasteiger partial charge is 0.487 e. The first-order chi connectivity index (χ1) is 14.7. The quantitative estimate of drug-likeness (QED) is 0.379. The third-order valence-corrected chi connectivity index (χ3v) is 5.13. The first kappa shape index (κ1) is 21.8. The predicted octanol–water partition coefficient (Wildman–Crippen LogP) is 2.78. The first-order valence-electron chi connectivity index (χ1n) is 9.40. The highest BCUT2D eigenvalue weighted by Crippen LogP contribution is 2.30. The van der Waals surface area contributed by atoms with E-state index in [0.29, 0.717) is 13.1 Å². The van der Waals surface area contributed by atoms with Gasteiger partial charge in [-0.1, -0.05) is 19.1 Å². The number of likely N-dealkylation sites (N-methyl/N-ethyl adjacent to an activating group) is 1. The number of Topliss-reactive ketones (excluding diaryl/α,β-unsaturated/α-hetero) is 1. The number of ether oxygens (including phenoxy) is 1. The molecule has 3 rings (SSSR count). The molecule has 0 bridgehead atoms. The average molecular weight is 429 g/mol. The molecule has 0 amide bonds. The molecule has 162 valence electrons. The molecule has 1 aliphatic heterocycles. The van der Waals surface area contributed by atoms with Gasteiger partial charge in [0, 0.05) is 30.8 Å². The van der Waals surface area contributed by atoms with E-state index >= 15 is 0 Å². The van der Waals surface area contributed by atoms with Crippen LogP contribution in [0.2, 0.25) is 0 Å². The van der Waals surface area contributed by atoms with Crippen LogP contribution in [0, 0.1) is 26.1 Å². The molecule has 1 saturated heterocycles. The van der Waals surface area contributed by atoms with Crippen LogP contribution in [-0.2, 0) is 0 Å². The Morgan fingerprint density at radius 1 is 1.10 bits per heavy atom. The Morgan fingerprint density at radius 2 is 1.71 bits per heavy atom. The second-order valence-electron chi connectivity index (χ2n) is 7.03. The Morgan fingerprint density at radius 3 is 2.26 bits per heavy atom. The molecule has 2 aromatic carbocycles. The van der Waals surface area contributed by atoms with Crippen molar-refractivity contribution in [1.82, 2.24) is 4.90 Å². The smallest absolute Gasteiger partial charge is 0.339 e. The standard InChI is InChI=1S/C20H19N3O8/c1-2-21-10-16(18(11-21)31-17-6-4-3-5-15(17)20(25)26)19(24)12-7-13(22(27)28)9-14(8-12)23(29)30/h3-9,16,18H,2,10-11H2,1H3,(H,25,26). The van der Waals surface area contributed by atoms with Crippen molar-refractivity contribution in [3.05, 3.63) is 73.8 Å². The van der Waals surface area contributed by atoms with Crippen molar-refractivity contribution in [2.75, 3.05) is 19.6 Å². The first-order valence-corrected chi connectivity index (χ1v) is 9.40. The van der Waals surface area contributed by atoms with E-state index in [4.69, 9.17) is 4.74 Å². The molecule has 11 nitrogen and oxygen atoms in total. The minimum atomic E-state index is -1.18. The van der Waals surface area contributed by atoms with Gasteiger partial charge in [-0.15, -0.1) is 0 Å². The topological polar surface area (TPSA) is 153 Å². The SMILES string of the molecule is CCN1CC(Oc2ccccc2C(=O)O)C(C(=O)c2cc([N+](=O)[O-])cc([N+](=O)[O-])c2)C1. The molecule has 1 N–H and O–H groups in total. The molecule has 0 aliphatic carbocycles. The van der Waals surface area contributed by atoms with Gasteiger partial charge in [0.05, 0.1) is 21.8 Å². The Bertz CT molecular complexity index is 1020. The molecule has 2 atom stereocenters. The number of nitro benzene ring substituents is 2. The minimum absolute atomic E-state index is 0.0605. The lowest BCUT2D eigenvalue weighted by molar-refractivity contribution is -0.394. The maximum absolute atomic E-state index is 13.2. The number of carboxylic acids is 1. The summed E-state index contributed by atoms with van der Waals surface area (Å²) in [5.74, 6) is -2.41. The summed E-state index contributed by atoms with van der Waals surface area (Å²) in [6.07, 6.45) is -0.730. The van der Waals surface area contributed by atoms with Crippen LogP contribution in [-0.4, -0.2) is 57.3 Å². The van der Waals surface area contributed by atoms with Gasteiger partial charge in [0.25, 0.3) is 11.4 Å². The summed E-state index contributed by atoms with van der Waals surface area (Å²) < 4.78 is 5.90. The van der Waals surface area contributed by atoms with Crippen LogP contribution in [0.1, 0.15) is 27.6 Å². The highest BCUT2D eigenvalue weighted by Gasteiger charge is 2.40. The van der Waals surface area contributed by atoms with E-state index in [-0.39, 0.29) is 23.4 Å². The molecule has 2 aromatic rings. The van der Waals surface area contributed by atoms with Crippen LogP contribution < -0.4 is 4.74 Å². The summed E-state index contributed by atoms with van der Waals surface area (Å²) in [6.45, 7) is 3.08. The van der Waals surface area contributed by atoms with Gasteiger partial charge in [-0.2, -0.15) is 0 Å². The summed E-state index contributed by atoms with van der Waals surface area (Å²) in [6, 6.07) is 8.82. The molecular formula is C20H19N3O8. The average Bonchev–Trinajstić information content (AvgIpc) is 3.15. The summed E-state index contributed by atoms with van der Waals surface area (Å²) in [4.78, 5) is 47.3. The van der Waals surface area contributed by atoms with Gasteiger partial charge in [-0.3, -0.25) is 29.9 Å². The maximum Gasteiger partial charge on any atom is 0.339 e. The number of carboxylic acid groups (broad SMARTS) is 1. The summed E-state index contributed by atoms with van der Waals surface area (Å²) in [5.41, 5.74) is -1.34. The molecule has 0 aromatic heterocycles. The second kappa shape index (κ2) is 8.88. The number of carbonyl (C=O) groups is 2. The zero-order valence-electron chi connectivity index (χ0n) is 16.5. The van der Waals surface area contributed by atoms with Crippen molar-refractivity contribution >= 4 is 23.1 Å². The Balaban J connectivity index is 1.96. The number of hydrogen-bond acceptors (Lipinski definition) is 8. The zero-order chi connectivity index (χ0) is 22.7. The van der Waals surface area contributed by atoms with Crippen LogP contribution in [0.25, 0.3) is 0 Å². The van der Waals surface area contributed by atoms with Crippen molar-refractivity contribution < 1.29 is 29.3 Å². The van der Waals surface area contributed by atoms with E-state index < -0.39 is 45.0 Å². The van der Waals surface area contributed by atoms with Crippen molar-refractivity contribution in [1.29, 1.82) is 0 Å². The Kier molecular flexibility index (Phi) is 6.25. The zero-order valence-corrected chi connectivity index (χ0v) is 16.5. The summed E-state index contributed by atoms with van der Waals surface area (Å²) >= 11 is 0. The number of hydrogen-bond donors (Lipinski definition) is 1. The molecule has 1 fully saturated rings.